The predicted octanol–water partition coefficient (Wildman–Crippen LogP) is 3.51. The normalized spacial score (nSPS) is 20.2. The van der Waals surface area contributed by atoms with Crippen LogP contribution in [0.15, 0.2) is 47.4 Å². The Labute approximate surface area is 175 Å². The Balaban J connectivity index is 1.43. The highest BCUT2D eigenvalue weighted by atomic mass is 32.2. The number of sulfonamides is 1. The van der Waals surface area contributed by atoms with Gasteiger partial charge in [-0.25, -0.2) is 17.2 Å². The van der Waals surface area contributed by atoms with E-state index in [9.17, 15) is 22.0 Å². The van der Waals surface area contributed by atoms with E-state index in [1.165, 1.54) is 11.1 Å². The van der Waals surface area contributed by atoms with E-state index in [0.717, 1.165) is 29.3 Å². The van der Waals surface area contributed by atoms with Gasteiger partial charge in [0, 0.05) is 26.1 Å². The van der Waals surface area contributed by atoms with E-state index in [0.29, 0.717) is 18.9 Å². The molecule has 1 amide bonds. The third-order valence-corrected chi connectivity index (χ3v) is 8.14. The second kappa shape index (κ2) is 8.07. The highest BCUT2D eigenvalue weighted by molar-refractivity contribution is 7.89. The summed E-state index contributed by atoms with van der Waals surface area (Å²) in [6, 6.07) is 10.6. The third kappa shape index (κ3) is 3.74. The highest BCUT2D eigenvalue weighted by Gasteiger charge is 2.37. The molecule has 5 nitrogen and oxygen atoms in total. The molecular formula is C22H24F2N2O3S. The summed E-state index contributed by atoms with van der Waals surface area (Å²) >= 11 is 0. The minimum atomic E-state index is -4.15. The van der Waals surface area contributed by atoms with Gasteiger partial charge >= 0.3 is 0 Å². The van der Waals surface area contributed by atoms with Crippen molar-refractivity contribution < 1.29 is 22.0 Å². The second-order valence-corrected chi connectivity index (χ2v) is 9.86. The summed E-state index contributed by atoms with van der Waals surface area (Å²) in [5, 5.41) is 0. The molecule has 1 unspecified atom stereocenters. The summed E-state index contributed by atoms with van der Waals surface area (Å²) < 4.78 is 54.1. The lowest BCUT2D eigenvalue weighted by Gasteiger charge is -2.34. The van der Waals surface area contributed by atoms with Gasteiger partial charge in [0.15, 0.2) is 0 Å². The fourth-order valence-corrected chi connectivity index (χ4v) is 6.08. The fraction of sp³-hybridized carbons (Fsp3) is 0.409. The molecule has 4 rings (SSSR count). The molecular weight excluding hydrogens is 410 g/mol. The van der Waals surface area contributed by atoms with E-state index in [-0.39, 0.29) is 31.0 Å². The van der Waals surface area contributed by atoms with Gasteiger partial charge in [0.2, 0.25) is 15.9 Å². The molecule has 2 aromatic carbocycles. The number of amides is 1. The lowest BCUT2D eigenvalue weighted by atomic mass is 9.95. The van der Waals surface area contributed by atoms with Crippen LogP contribution in [0.25, 0.3) is 0 Å². The van der Waals surface area contributed by atoms with Crippen LogP contribution in [-0.2, 0) is 21.2 Å². The number of carbonyl (C=O) groups excluding carboxylic acids is 1. The van der Waals surface area contributed by atoms with Crippen LogP contribution in [0, 0.1) is 17.6 Å². The first-order valence-electron chi connectivity index (χ1n) is 10.1. The molecule has 1 saturated heterocycles. The zero-order valence-electron chi connectivity index (χ0n) is 16.7. The molecule has 1 aliphatic carbocycles. The van der Waals surface area contributed by atoms with Crippen LogP contribution < -0.4 is 0 Å². The van der Waals surface area contributed by atoms with Gasteiger partial charge < -0.3 is 4.90 Å². The van der Waals surface area contributed by atoms with Crippen LogP contribution in [0.4, 0.5) is 8.78 Å². The molecule has 8 heteroatoms. The molecule has 1 atom stereocenters. The van der Waals surface area contributed by atoms with Crippen LogP contribution in [0.2, 0.25) is 0 Å². The molecule has 2 aliphatic rings. The molecule has 160 valence electrons. The topological polar surface area (TPSA) is 57.7 Å². The van der Waals surface area contributed by atoms with Crippen LogP contribution >= 0.6 is 0 Å². The van der Waals surface area contributed by atoms with Crippen molar-refractivity contribution in [3.8, 4) is 0 Å². The summed E-state index contributed by atoms with van der Waals surface area (Å²) in [6.07, 6.45) is 2.53. The Morgan fingerprint density at radius 3 is 2.50 bits per heavy atom. The van der Waals surface area contributed by atoms with Gasteiger partial charge in [-0.1, -0.05) is 24.3 Å². The minimum Gasteiger partial charge on any atom is -0.338 e. The van der Waals surface area contributed by atoms with E-state index >= 15 is 0 Å². The molecule has 0 bridgehead atoms. The maximum absolute atomic E-state index is 14.0. The minimum absolute atomic E-state index is 0.00527. The number of fused-ring (bicyclic) bond motifs is 1. The number of carbonyl (C=O) groups is 1. The van der Waals surface area contributed by atoms with Crippen LogP contribution in [0.1, 0.15) is 36.4 Å². The van der Waals surface area contributed by atoms with E-state index in [2.05, 4.69) is 12.1 Å². The number of piperidine rings is 1. The Hall–Kier alpha value is -2.32. The first-order chi connectivity index (χ1) is 14.3. The van der Waals surface area contributed by atoms with Crippen molar-refractivity contribution >= 4 is 15.9 Å². The smallest absolute Gasteiger partial charge is 0.246 e. The van der Waals surface area contributed by atoms with E-state index in [1.54, 1.807) is 11.9 Å². The Kier molecular flexibility index (Phi) is 5.63. The molecule has 1 aliphatic heterocycles. The molecule has 1 heterocycles. The van der Waals surface area contributed by atoms with Crippen LogP contribution in [-0.4, -0.2) is 43.7 Å². The molecule has 1 fully saturated rings. The molecule has 2 aromatic rings. The fourth-order valence-electron chi connectivity index (χ4n) is 4.54. The van der Waals surface area contributed by atoms with Gasteiger partial charge in [-0.05, 0) is 55.0 Å². The van der Waals surface area contributed by atoms with Crippen LogP contribution in [0.5, 0.6) is 0 Å². The zero-order chi connectivity index (χ0) is 21.5. The van der Waals surface area contributed by atoms with Gasteiger partial charge in [0.25, 0.3) is 0 Å². The predicted molar refractivity (Wildman–Crippen MR) is 108 cm³/mol. The van der Waals surface area contributed by atoms with E-state index < -0.39 is 26.6 Å². The van der Waals surface area contributed by atoms with E-state index in [1.807, 2.05) is 12.1 Å². The van der Waals surface area contributed by atoms with Crippen molar-refractivity contribution in [1.29, 1.82) is 0 Å². The van der Waals surface area contributed by atoms with Crippen molar-refractivity contribution in [3.63, 3.8) is 0 Å². The van der Waals surface area contributed by atoms with E-state index in [4.69, 9.17) is 0 Å². The average Bonchev–Trinajstić information content (AvgIpc) is 3.18. The van der Waals surface area contributed by atoms with Crippen molar-refractivity contribution in [1.82, 2.24) is 9.21 Å². The number of hydrogen-bond donors (Lipinski definition) is 0. The van der Waals surface area contributed by atoms with Gasteiger partial charge in [0.1, 0.15) is 16.5 Å². The highest BCUT2D eigenvalue weighted by Crippen LogP contribution is 2.36. The van der Waals surface area contributed by atoms with Gasteiger partial charge in [-0.15, -0.1) is 0 Å². The molecule has 0 spiro atoms. The molecule has 0 N–H and O–H groups in total. The molecule has 30 heavy (non-hydrogen) atoms. The lowest BCUT2D eigenvalue weighted by Crippen LogP contribution is -2.44. The number of hydrogen-bond acceptors (Lipinski definition) is 3. The van der Waals surface area contributed by atoms with Crippen LogP contribution in [0.3, 0.4) is 0 Å². The number of rotatable bonds is 4. The first-order valence-corrected chi connectivity index (χ1v) is 11.5. The summed E-state index contributed by atoms with van der Waals surface area (Å²) in [4.78, 5) is 14.2. The zero-order valence-corrected chi connectivity index (χ0v) is 17.5. The second-order valence-electron chi connectivity index (χ2n) is 7.96. The summed E-state index contributed by atoms with van der Waals surface area (Å²) in [5.41, 5.74) is 2.44. The van der Waals surface area contributed by atoms with Gasteiger partial charge in [-0.3, -0.25) is 4.79 Å². The number of halogens is 2. The summed E-state index contributed by atoms with van der Waals surface area (Å²) in [6.45, 7) is 0.202. The van der Waals surface area contributed by atoms with Gasteiger partial charge in [-0.2, -0.15) is 4.31 Å². The third-order valence-electron chi connectivity index (χ3n) is 6.23. The number of aryl methyl sites for hydroxylation is 1. The standard InChI is InChI=1S/C22H24F2N2O3S/c1-25(20-9-6-15-4-2-3-5-18(15)20)22(27)16-10-12-26(13-11-16)30(28,29)21-14-17(23)7-8-19(21)24/h2-5,7-8,14,16,20H,6,9-13H2,1H3. The first kappa shape index (κ1) is 20.9. The molecule has 0 saturated carbocycles. The number of benzene rings is 2. The lowest BCUT2D eigenvalue weighted by molar-refractivity contribution is -0.137. The summed E-state index contributed by atoms with van der Waals surface area (Å²) in [5.74, 6) is -2.06. The SMILES string of the molecule is CN(C(=O)C1CCN(S(=O)(=O)c2cc(F)ccc2F)CC1)C1CCc2ccccc21. The number of nitrogens with zero attached hydrogens (tertiary/aromatic N) is 2. The monoisotopic (exact) mass is 434 g/mol. The molecule has 0 radical (unpaired) electrons. The summed E-state index contributed by atoms with van der Waals surface area (Å²) in [7, 11) is -2.34. The quantitative estimate of drug-likeness (QED) is 0.740. The largest absolute Gasteiger partial charge is 0.338 e. The molecule has 0 aromatic heterocycles. The van der Waals surface area contributed by atoms with Gasteiger partial charge in [0.05, 0.1) is 6.04 Å². The maximum Gasteiger partial charge on any atom is 0.246 e. The Morgan fingerprint density at radius 2 is 1.77 bits per heavy atom. The Bertz CT molecular complexity index is 1070. The Morgan fingerprint density at radius 1 is 1.07 bits per heavy atom. The maximum atomic E-state index is 14.0. The van der Waals surface area contributed by atoms with Crippen molar-refractivity contribution in [3.05, 3.63) is 65.2 Å². The van der Waals surface area contributed by atoms with Crippen molar-refractivity contribution in [2.45, 2.75) is 36.6 Å². The van der Waals surface area contributed by atoms with Crippen molar-refractivity contribution in [2.75, 3.05) is 20.1 Å². The van der Waals surface area contributed by atoms with Crippen molar-refractivity contribution in [2.24, 2.45) is 5.92 Å². The average molecular weight is 435 g/mol.